The van der Waals surface area contributed by atoms with E-state index in [9.17, 15) is 14.4 Å². The molecule has 0 saturated carbocycles. The number of hydrogen-bond acceptors (Lipinski definition) is 4. The number of benzene rings is 1. The minimum atomic E-state index is -0.843. The Kier molecular flexibility index (Phi) is 11.4. The molecule has 7 heteroatoms. The molecule has 0 heterocycles. The summed E-state index contributed by atoms with van der Waals surface area (Å²) in [7, 11) is 0. The molecule has 7 nitrogen and oxygen atoms in total. The van der Waals surface area contributed by atoms with Gasteiger partial charge in [0, 0.05) is 12.6 Å². The Balaban J connectivity index is 3.29. The van der Waals surface area contributed by atoms with Crippen LogP contribution in [0.4, 0.5) is 4.79 Å². The molecular formula is C26H43N3O4. The van der Waals surface area contributed by atoms with Gasteiger partial charge in [-0.2, -0.15) is 0 Å². The van der Waals surface area contributed by atoms with Gasteiger partial charge >= 0.3 is 6.09 Å². The average Bonchev–Trinajstić information content (AvgIpc) is 2.68. The molecule has 3 amide bonds. The minimum Gasteiger partial charge on any atom is -0.444 e. The van der Waals surface area contributed by atoms with E-state index in [4.69, 9.17) is 4.74 Å². The predicted octanol–water partition coefficient (Wildman–Crippen LogP) is 4.88. The number of aryl methyl sites for hydroxylation is 1. The molecule has 0 saturated heterocycles. The van der Waals surface area contributed by atoms with E-state index >= 15 is 0 Å². The van der Waals surface area contributed by atoms with Crippen LogP contribution in [0.25, 0.3) is 0 Å². The van der Waals surface area contributed by atoms with E-state index in [1.807, 2.05) is 45.0 Å². The van der Waals surface area contributed by atoms with Crippen LogP contribution < -0.4 is 10.6 Å². The summed E-state index contributed by atoms with van der Waals surface area (Å²) in [5, 5.41) is 5.61. The molecule has 0 bridgehead atoms. The topological polar surface area (TPSA) is 87.7 Å². The molecule has 0 aromatic heterocycles. The Bertz CT molecular complexity index is 786. The van der Waals surface area contributed by atoms with Crippen molar-refractivity contribution < 1.29 is 19.1 Å². The highest BCUT2D eigenvalue weighted by molar-refractivity contribution is 5.92. The molecule has 33 heavy (non-hydrogen) atoms. The Morgan fingerprint density at radius 1 is 1.00 bits per heavy atom. The maximum absolute atomic E-state index is 13.6. The monoisotopic (exact) mass is 461 g/mol. The summed E-state index contributed by atoms with van der Waals surface area (Å²) >= 11 is 0. The Labute approximate surface area is 199 Å². The summed E-state index contributed by atoms with van der Waals surface area (Å²) in [6.45, 7) is 15.2. The molecule has 2 atom stereocenters. The van der Waals surface area contributed by atoms with E-state index in [1.165, 1.54) is 0 Å². The van der Waals surface area contributed by atoms with Crippen LogP contribution in [0.5, 0.6) is 0 Å². The van der Waals surface area contributed by atoms with Gasteiger partial charge in [0.05, 0.1) is 0 Å². The van der Waals surface area contributed by atoms with E-state index in [0.29, 0.717) is 6.54 Å². The number of amides is 3. The molecule has 186 valence electrons. The highest BCUT2D eigenvalue weighted by Gasteiger charge is 2.35. The molecule has 1 aromatic rings. The number of hydrogen-bond donors (Lipinski definition) is 2. The molecule has 2 N–H and O–H groups in total. The largest absolute Gasteiger partial charge is 0.444 e. The summed E-state index contributed by atoms with van der Waals surface area (Å²) in [6, 6.07) is 5.91. The van der Waals surface area contributed by atoms with Crippen molar-refractivity contribution in [3.05, 3.63) is 35.4 Å². The summed E-state index contributed by atoms with van der Waals surface area (Å²) in [4.78, 5) is 40.9. The van der Waals surface area contributed by atoms with Crippen LogP contribution >= 0.6 is 0 Å². The highest BCUT2D eigenvalue weighted by atomic mass is 16.6. The number of ether oxygens (including phenoxy) is 1. The van der Waals surface area contributed by atoms with Gasteiger partial charge in [0.2, 0.25) is 11.8 Å². The molecule has 1 rings (SSSR count). The molecule has 2 unspecified atom stereocenters. The zero-order valence-electron chi connectivity index (χ0n) is 21.7. The van der Waals surface area contributed by atoms with E-state index in [2.05, 4.69) is 17.6 Å². The first-order valence-electron chi connectivity index (χ1n) is 12.0. The van der Waals surface area contributed by atoms with Crippen LogP contribution in [-0.4, -0.2) is 47.0 Å². The Hall–Kier alpha value is -2.57. The van der Waals surface area contributed by atoms with E-state index in [1.54, 1.807) is 32.6 Å². The fourth-order valence-electron chi connectivity index (χ4n) is 3.58. The number of carbonyl (C=O) groups is 3. The lowest BCUT2D eigenvalue weighted by Crippen LogP contribution is -2.52. The van der Waals surface area contributed by atoms with Gasteiger partial charge in [-0.3, -0.25) is 9.59 Å². The van der Waals surface area contributed by atoms with E-state index < -0.39 is 23.8 Å². The van der Waals surface area contributed by atoms with E-state index in [-0.39, 0.29) is 17.9 Å². The first kappa shape index (κ1) is 28.5. The van der Waals surface area contributed by atoms with Gasteiger partial charge < -0.3 is 20.3 Å². The van der Waals surface area contributed by atoms with Crippen molar-refractivity contribution in [1.82, 2.24) is 15.5 Å². The quantitative estimate of drug-likeness (QED) is 0.460. The lowest BCUT2D eigenvalue weighted by molar-refractivity contribution is -0.142. The van der Waals surface area contributed by atoms with Crippen LogP contribution in [0, 0.1) is 6.92 Å². The van der Waals surface area contributed by atoms with Crippen LogP contribution in [-0.2, 0) is 14.3 Å². The Morgan fingerprint density at radius 2 is 1.64 bits per heavy atom. The second-order valence-corrected chi connectivity index (χ2v) is 9.88. The zero-order chi connectivity index (χ0) is 25.2. The lowest BCUT2D eigenvalue weighted by Gasteiger charge is -2.34. The van der Waals surface area contributed by atoms with Crippen molar-refractivity contribution in [1.29, 1.82) is 0 Å². The van der Waals surface area contributed by atoms with Crippen LogP contribution in [0.3, 0.4) is 0 Å². The first-order chi connectivity index (χ1) is 15.4. The molecule has 0 fully saturated rings. The van der Waals surface area contributed by atoms with Crippen molar-refractivity contribution >= 4 is 17.9 Å². The van der Waals surface area contributed by atoms with E-state index in [0.717, 1.165) is 36.8 Å². The van der Waals surface area contributed by atoms with Gasteiger partial charge in [0.15, 0.2) is 0 Å². The third-order valence-corrected chi connectivity index (χ3v) is 5.11. The fraction of sp³-hybridized carbons (Fsp3) is 0.654. The molecule has 0 aliphatic heterocycles. The number of unbranched alkanes of at least 4 members (excludes halogenated alkanes) is 3. The lowest BCUT2D eigenvalue weighted by atomic mass is 9.97. The van der Waals surface area contributed by atoms with Crippen molar-refractivity contribution in [2.45, 2.75) is 105 Å². The first-order valence-corrected chi connectivity index (χ1v) is 12.0. The van der Waals surface area contributed by atoms with Crippen molar-refractivity contribution in [3.8, 4) is 0 Å². The Morgan fingerprint density at radius 3 is 2.18 bits per heavy atom. The van der Waals surface area contributed by atoms with Gasteiger partial charge in [0.1, 0.15) is 17.7 Å². The van der Waals surface area contributed by atoms with Gasteiger partial charge in [-0.05, 0) is 66.0 Å². The second-order valence-electron chi connectivity index (χ2n) is 9.88. The smallest absolute Gasteiger partial charge is 0.408 e. The maximum atomic E-state index is 13.6. The van der Waals surface area contributed by atoms with Crippen molar-refractivity contribution in [2.75, 3.05) is 6.54 Å². The molecule has 0 radical (unpaired) electrons. The fourth-order valence-corrected chi connectivity index (χ4v) is 3.58. The van der Waals surface area contributed by atoms with Crippen LogP contribution in [0.2, 0.25) is 0 Å². The number of nitrogens with zero attached hydrogens (tertiary/aromatic N) is 1. The summed E-state index contributed by atoms with van der Waals surface area (Å²) < 4.78 is 5.32. The predicted molar refractivity (Wildman–Crippen MR) is 132 cm³/mol. The third kappa shape index (κ3) is 9.84. The summed E-state index contributed by atoms with van der Waals surface area (Å²) in [5.74, 6) is -0.544. The summed E-state index contributed by atoms with van der Waals surface area (Å²) in [5.41, 5.74) is 1.04. The maximum Gasteiger partial charge on any atom is 0.408 e. The van der Waals surface area contributed by atoms with Crippen molar-refractivity contribution in [2.24, 2.45) is 0 Å². The highest BCUT2D eigenvalue weighted by Crippen LogP contribution is 2.26. The molecule has 1 aromatic carbocycles. The second kappa shape index (κ2) is 13.2. The van der Waals surface area contributed by atoms with Crippen LogP contribution in [0.1, 0.15) is 91.3 Å². The third-order valence-electron chi connectivity index (χ3n) is 5.11. The van der Waals surface area contributed by atoms with Gasteiger partial charge in [-0.1, -0.05) is 50.5 Å². The molecule has 0 aliphatic rings. The molecular weight excluding hydrogens is 418 g/mol. The molecule has 0 aliphatic carbocycles. The van der Waals surface area contributed by atoms with Gasteiger partial charge in [-0.15, -0.1) is 0 Å². The normalized spacial score (nSPS) is 13.2. The van der Waals surface area contributed by atoms with Gasteiger partial charge in [-0.25, -0.2) is 4.79 Å². The number of rotatable bonds is 11. The van der Waals surface area contributed by atoms with Gasteiger partial charge in [0.25, 0.3) is 0 Å². The van der Waals surface area contributed by atoms with Crippen LogP contribution in [0.15, 0.2) is 24.3 Å². The van der Waals surface area contributed by atoms with Crippen molar-refractivity contribution in [3.63, 3.8) is 0 Å². The number of alkyl carbamates (subject to hydrolysis) is 1. The average molecular weight is 462 g/mol. The minimum absolute atomic E-state index is 0.0710. The zero-order valence-corrected chi connectivity index (χ0v) is 21.7. The number of carbonyl (C=O) groups excluding carboxylic acids is 3. The number of nitrogens with one attached hydrogen (secondary N) is 2. The molecule has 0 spiro atoms. The summed E-state index contributed by atoms with van der Waals surface area (Å²) in [6.07, 6.45) is 3.20. The SMILES string of the molecule is CCCCCCN(C(=O)C(C)NC(=O)OC(C)(C)C)C(C(=O)NC(C)C)c1ccccc1C. The standard InChI is InChI=1S/C26H43N3O4/c1-9-10-11-14-17-29(24(31)20(5)28-25(32)33-26(6,7)8)22(23(30)27-18(2)3)21-16-13-12-15-19(21)4/h12-13,15-16,18,20,22H,9-11,14,17H2,1-8H3,(H,27,30)(H,28,32).